The number of nitrogens with one attached hydrogen (secondary N) is 1. The molecule has 0 saturated carbocycles. The van der Waals surface area contributed by atoms with Gasteiger partial charge in [0.1, 0.15) is 0 Å². The van der Waals surface area contributed by atoms with E-state index in [9.17, 15) is 8.78 Å². The molecule has 3 rings (SSSR count). The molecule has 2 aliphatic rings. The predicted octanol–water partition coefficient (Wildman–Crippen LogP) is 1.84. The summed E-state index contributed by atoms with van der Waals surface area (Å²) in [6, 6.07) is 4.24. The normalized spacial score (nSPS) is 26.8. The minimum Gasteiger partial charge on any atom is -0.379 e. The zero-order chi connectivity index (χ0) is 11.9. The minimum atomic E-state index is -0.784. The van der Waals surface area contributed by atoms with E-state index in [1.54, 1.807) is 6.07 Å². The van der Waals surface area contributed by atoms with E-state index >= 15 is 0 Å². The molecule has 1 aromatic rings. The lowest BCUT2D eigenvalue weighted by Crippen LogP contribution is -2.53. The van der Waals surface area contributed by atoms with Gasteiger partial charge >= 0.3 is 0 Å². The van der Waals surface area contributed by atoms with Crippen molar-refractivity contribution >= 4 is 0 Å². The Labute approximate surface area is 99.0 Å². The summed E-state index contributed by atoms with van der Waals surface area (Å²) in [5.41, 5.74) is 0.759. The molecular formula is C13H15F2NO. The van der Waals surface area contributed by atoms with Crippen LogP contribution in [0.4, 0.5) is 8.78 Å². The van der Waals surface area contributed by atoms with Gasteiger partial charge in [0.25, 0.3) is 0 Å². The number of rotatable bonds is 2. The van der Waals surface area contributed by atoms with E-state index in [0.29, 0.717) is 19.1 Å². The highest BCUT2D eigenvalue weighted by Crippen LogP contribution is 2.42. The molecule has 2 nitrogen and oxygen atoms in total. The molecule has 1 N–H and O–H groups in total. The molecule has 0 aliphatic carbocycles. The monoisotopic (exact) mass is 239 g/mol. The second kappa shape index (κ2) is 4.03. The van der Waals surface area contributed by atoms with Crippen LogP contribution < -0.4 is 5.32 Å². The zero-order valence-corrected chi connectivity index (χ0v) is 9.51. The lowest BCUT2D eigenvalue weighted by Gasteiger charge is -2.46. The number of halogens is 2. The van der Waals surface area contributed by atoms with E-state index in [1.165, 1.54) is 12.1 Å². The molecule has 1 unspecified atom stereocenters. The van der Waals surface area contributed by atoms with Crippen LogP contribution in [0.15, 0.2) is 18.2 Å². The Morgan fingerprint density at radius 3 is 2.59 bits per heavy atom. The fraction of sp³-hybridized carbons (Fsp3) is 0.538. The Balaban J connectivity index is 1.96. The van der Waals surface area contributed by atoms with E-state index in [2.05, 4.69) is 5.32 Å². The molecule has 1 atom stereocenters. The van der Waals surface area contributed by atoms with Gasteiger partial charge < -0.3 is 10.1 Å². The van der Waals surface area contributed by atoms with Crippen molar-refractivity contribution in [1.29, 1.82) is 0 Å². The van der Waals surface area contributed by atoms with Gasteiger partial charge in [-0.3, -0.25) is 0 Å². The van der Waals surface area contributed by atoms with Crippen LogP contribution in [0, 0.1) is 17.6 Å². The van der Waals surface area contributed by atoms with Gasteiger partial charge in [0.05, 0.1) is 13.2 Å². The number of ether oxygens (including phenoxy) is 1. The second-order valence-corrected chi connectivity index (χ2v) is 4.97. The first-order valence-corrected chi connectivity index (χ1v) is 5.96. The van der Waals surface area contributed by atoms with Gasteiger partial charge in [0, 0.05) is 5.41 Å². The lowest BCUT2D eigenvalue weighted by molar-refractivity contribution is -0.0870. The summed E-state index contributed by atoms with van der Waals surface area (Å²) >= 11 is 0. The summed E-state index contributed by atoms with van der Waals surface area (Å²) in [7, 11) is 0. The zero-order valence-electron chi connectivity index (χ0n) is 9.51. The molecule has 4 heteroatoms. The second-order valence-electron chi connectivity index (χ2n) is 4.97. The van der Waals surface area contributed by atoms with Gasteiger partial charge in [-0.1, -0.05) is 6.07 Å². The molecule has 0 bridgehead atoms. The van der Waals surface area contributed by atoms with Crippen LogP contribution in [0.3, 0.4) is 0 Å². The van der Waals surface area contributed by atoms with E-state index < -0.39 is 11.6 Å². The SMILES string of the molecule is Fc1ccc(C2(C3CCNC3)COC2)cc1F. The highest BCUT2D eigenvalue weighted by molar-refractivity contribution is 5.31. The first-order chi connectivity index (χ1) is 8.22. The largest absolute Gasteiger partial charge is 0.379 e. The molecule has 0 aromatic heterocycles. The van der Waals surface area contributed by atoms with Crippen LogP contribution in [0.2, 0.25) is 0 Å². The third kappa shape index (κ3) is 1.67. The third-order valence-corrected chi connectivity index (χ3v) is 4.06. The molecule has 2 saturated heterocycles. The van der Waals surface area contributed by atoms with Crippen molar-refractivity contribution in [3.05, 3.63) is 35.4 Å². The van der Waals surface area contributed by atoms with Crippen LogP contribution in [0.25, 0.3) is 0 Å². The molecule has 0 amide bonds. The standard InChI is InChI=1S/C13H15F2NO/c14-11-2-1-9(5-12(11)15)13(7-17-8-13)10-3-4-16-6-10/h1-2,5,10,16H,3-4,6-8H2. The molecule has 2 heterocycles. The lowest BCUT2D eigenvalue weighted by atomic mass is 9.68. The number of benzene rings is 1. The highest BCUT2D eigenvalue weighted by atomic mass is 19.2. The molecule has 0 spiro atoms. The Hall–Kier alpha value is -1.00. The van der Waals surface area contributed by atoms with Crippen LogP contribution in [0.1, 0.15) is 12.0 Å². The number of hydrogen-bond acceptors (Lipinski definition) is 2. The quantitative estimate of drug-likeness (QED) is 0.850. The van der Waals surface area contributed by atoms with Gasteiger partial charge in [-0.2, -0.15) is 0 Å². The fourth-order valence-electron chi connectivity index (χ4n) is 2.89. The van der Waals surface area contributed by atoms with Crippen molar-refractivity contribution in [3.8, 4) is 0 Å². The molecule has 92 valence electrons. The molecule has 2 fully saturated rings. The van der Waals surface area contributed by atoms with Crippen LogP contribution in [0.5, 0.6) is 0 Å². The van der Waals surface area contributed by atoms with Crippen molar-refractivity contribution in [2.24, 2.45) is 5.92 Å². The Morgan fingerprint density at radius 1 is 1.24 bits per heavy atom. The average Bonchev–Trinajstić information content (AvgIpc) is 2.75. The molecule has 17 heavy (non-hydrogen) atoms. The first kappa shape index (κ1) is 11.1. The maximum atomic E-state index is 13.3. The van der Waals surface area contributed by atoms with Gasteiger partial charge in [-0.25, -0.2) is 8.78 Å². The van der Waals surface area contributed by atoms with Crippen LogP contribution in [-0.2, 0) is 10.2 Å². The molecule has 0 radical (unpaired) electrons. The smallest absolute Gasteiger partial charge is 0.159 e. The van der Waals surface area contributed by atoms with E-state index in [1.807, 2.05) is 0 Å². The van der Waals surface area contributed by atoms with Crippen molar-refractivity contribution < 1.29 is 13.5 Å². The molecular weight excluding hydrogens is 224 g/mol. The summed E-state index contributed by atoms with van der Waals surface area (Å²) < 4.78 is 31.6. The van der Waals surface area contributed by atoms with Crippen molar-refractivity contribution in [1.82, 2.24) is 5.32 Å². The van der Waals surface area contributed by atoms with Gasteiger partial charge in [-0.15, -0.1) is 0 Å². The maximum Gasteiger partial charge on any atom is 0.159 e. The van der Waals surface area contributed by atoms with Gasteiger partial charge in [-0.05, 0) is 43.1 Å². The van der Waals surface area contributed by atoms with Crippen LogP contribution in [-0.4, -0.2) is 26.3 Å². The average molecular weight is 239 g/mol. The minimum absolute atomic E-state index is 0.113. The van der Waals surface area contributed by atoms with Gasteiger partial charge in [0.15, 0.2) is 11.6 Å². The van der Waals surface area contributed by atoms with Crippen molar-refractivity contribution in [3.63, 3.8) is 0 Å². The third-order valence-electron chi connectivity index (χ3n) is 4.06. The summed E-state index contributed by atoms with van der Waals surface area (Å²) in [6.45, 7) is 3.16. The summed E-state index contributed by atoms with van der Waals surface area (Å²) in [5.74, 6) is -1.09. The van der Waals surface area contributed by atoms with E-state index in [-0.39, 0.29) is 5.41 Å². The predicted molar refractivity (Wildman–Crippen MR) is 59.8 cm³/mol. The van der Waals surface area contributed by atoms with Crippen molar-refractivity contribution in [2.75, 3.05) is 26.3 Å². The molecule has 2 aliphatic heterocycles. The highest BCUT2D eigenvalue weighted by Gasteiger charge is 2.47. The van der Waals surface area contributed by atoms with Crippen molar-refractivity contribution in [2.45, 2.75) is 11.8 Å². The fourth-order valence-corrected chi connectivity index (χ4v) is 2.89. The maximum absolute atomic E-state index is 13.3. The van der Waals surface area contributed by atoms with Gasteiger partial charge in [0.2, 0.25) is 0 Å². The molecule has 1 aromatic carbocycles. The summed E-state index contributed by atoms with van der Waals surface area (Å²) in [4.78, 5) is 0. The Morgan fingerprint density at radius 2 is 2.06 bits per heavy atom. The van der Waals surface area contributed by atoms with E-state index in [4.69, 9.17) is 4.74 Å². The summed E-state index contributed by atoms with van der Waals surface area (Å²) in [5, 5.41) is 3.32. The Kier molecular flexibility index (Phi) is 2.64. The van der Waals surface area contributed by atoms with Crippen LogP contribution >= 0.6 is 0 Å². The summed E-state index contributed by atoms with van der Waals surface area (Å²) in [6.07, 6.45) is 1.07. The topological polar surface area (TPSA) is 21.3 Å². The van der Waals surface area contributed by atoms with E-state index in [0.717, 1.165) is 25.1 Å². The number of hydrogen-bond donors (Lipinski definition) is 1. The Bertz CT molecular complexity index is 425. The first-order valence-electron chi connectivity index (χ1n) is 5.96.